The number of hydrogen-bond acceptors (Lipinski definition) is 6. The molecule has 4 heterocycles. The topological polar surface area (TPSA) is 22.2 Å². The summed E-state index contributed by atoms with van der Waals surface area (Å²) in [6, 6.07) is 99.5. The highest BCUT2D eigenvalue weighted by atomic mass is 32.2. The van der Waals surface area contributed by atoms with Gasteiger partial charge in [-0.15, -0.1) is 11.8 Å². The minimum atomic E-state index is -0.109. The van der Waals surface area contributed by atoms with Crippen LogP contribution in [0.3, 0.4) is 0 Å². The number of ether oxygens (including phenoxy) is 1. The van der Waals surface area contributed by atoms with Crippen LogP contribution in [0, 0.1) is 6.92 Å². The van der Waals surface area contributed by atoms with Crippen molar-refractivity contribution in [1.29, 1.82) is 0 Å². The Morgan fingerprint density at radius 2 is 0.963 bits per heavy atom. The second kappa shape index (κ2) is 19.3. The molecule has 81 heavy (non-hydrogen) atoms. The molecule has 0 aromatic heterocycles. The first kappa shape index (κ1) is 47.4. The van der Waals surface area contributed by atoms with Crippen LogP contribution in [0.15, 0.2) is 301 Å². The summed E-state index contributed by atoms with van der Waals surface area (Å²) >= 11 is 2.02. The maximum atomic E-state index is 7.30. The number of hydrogen-bond donors (Lipinski definition) is 0. The molecule has 0 spiro atoms. The molecule has 0 N–H and O–H groups in total. The second-order valence-electron chi connectivity index (χ2n) is 21.6. The molecule has 0 bridgehead atoms. The molecule has 1 aliphatic carbocycles. The second-order valence-corrected chi connectivity index (χ2v) is 22.8. The molecule has 2 unspecified atom stereocenters. The van der Waals surface area contributed by atoms with E-state index in [1.807, 2.05) is 11.8 Å². The summed E-state index contributed by atoms with van der Waals surface area (Å²) in [5.41, 5.74) is 23.5. The third kappa shape index (κ3) is 7.73. The zero-order chi connectivity index (χ0) is 53.5. The Hall–Kier alpha value is -9.62. The summed E-state index contributed by atoms with van der Waals surface area (Å²) in [6.45, 7) is 2.22. The lowest BCUT2D eigenvalue weighted by Gasteiger charge is -2.49. The average molecular weight is 1050 g/mol. The van der Waals surface area contributed by atoms with E-state index in [1.165, 1.54) is 66.0 Å². The van der Waals surface area contributed by atoms with Gasteiger partial charge in [0.15, 0.2) is 0 Å². The van der Waals surface area contributed by atoms with E-state index in [1.54, 1.807) is 0 Å². The van der Waals surface area contributed by atoms with E-state index in [2.05, 4.69) is 312 Å². The molecule has 0 amide bonds. The largest absolute Gasteiger partial charge is 0.458 e. The van der Waals surface area contributed by atoms with Gasteiger partial charge in [-0.2, -0.15) is 0 Å². The fourth-order valence-corrected chi connectivity index (χ4v) is 15.1. The lowest BCUT2D eigenvalue weighted by Crippen LogP contribution is -2.59. The Kier molecular flexibility index (Phi) is 11.3. The fraction of sp³-hybridized carbons (Fsp3) is 0.0411. The third-order valence-electron chi connectivity index (χ3n) is 17.0. The van der Waals surface area contributed by atoms with Crippen molar-refractivity contribution < 1.29 is 4.74 Å². The van der Waals surface area contributed by atoms with Crippen LogP contribution in [-0.2, 0) is 0 Å². The zero-order valence-electron chi connectivity index (χ0n) is 44.6. The molecule has 8 heteroatoms. The van der Waals surface area contributed by atoms with Gasteiger partial charge in [0.1, 0.15) is 11.5 Å². The van der Waals surface area contributed by atoms with Crippen molar-refractivity contribution in [2.45, 2.75) is 22.9 Å². The van der Waals surface area contributed by atoms with Gasteiger partial charge in [0.05, 0.1) is 11.4 Å². The SMILES string of the molecule is Cc1cccc(-c2ccccc2)c1N1C2=CC3Sc4cc(N(c5ccccc5)c5ccccc5)cc5c4B(c4ccccc4N5c4ccccc4)C3C=C2B2c3ccccc3Oc3cc(N(c4ccccc4)c4ccccc4)cc1c32. The lowest BCUT2D eigenvalue weighted by molar-refractivity contribution is 0.487. The Balaban J connectivity index is 0.976. The molecular weight excluding hydrogens is 1000 g/mol. The summed E-state index contributed by atoms with van der Waals surface area (Å²) in [5.74, 6) is 1.86. The minimum Gasteiger partial charge on any atom is -0.458 e. The smallest absolute Gasteiger partial charge is 0.255 e. The van der Waals surface area contributed by atoms with Gasteiger partial charge in [-0.1, -0.05) is 182 Å². The van der Waals surface area contributed by atoms with Crippen LogP contribution in [-0.4, -0.2) is 18.7 Å². The van der Waals surface area contributed by atoms with Crippen molar-refractivity contribution in [2.75, 3.05) is 19.6 Å². The zero-order valence-corrected chi connectivity index (χ0v) is 45.4. The molecule has 2 atom stereocenters. The van der Waals surface area contributed by atoms with E-state index in [4.69, 9.17) is 4.74 Å². The Morgan fingerprint density at radius 1 is 0.432 bits per heavy atom. The van der Waals surface area contributed by atoms with Crippen molar-refractivity contribution in [3.63, 3.8) is 0 Å². The number of thioether (sulfide) groups is 1. The lowest BCUT2D eigenvalue weighted by atomic mass is 9.28. The fourth-order valence-electron chi connectivity index (χ4n) is 13.6. The highest BCUT2D eigenvalue weighted by Crippen LogP contribution is 2.56. The standard InChI is InChI=1S/C73H52B2N4OS/c1-49-25-24-38-58(50-26-8-2-9-27-50)73(49)79-64-48-69-62(47-61(64)75-60-40-21-23-42-67(60)80-68-45-56(43-65(79)71(68)75)76(51-28-10-3-11-29-51)52-30-12-4-13-31-52)74-59-39-20-22-41-63(59)78(55-36-18-7-19-37-55)66-44-57(46-70(81-69)72(66)74)77(53-32-14-5-15-33-53)54-34-16-6-17-35-54/h2-48,62,69H,1H3. The van der Waals surface area contributed by atoms with E-state index in [0.717, 1.165) is 62.7 Å². The molecule has 5 aliphatic rings. The van der Waals surface area contributed by atoms with Crippen molar-refractivity contribution in [2.24, 2.45) is 0 Å². The van der Waals surface area contributed by atoms with Crippen LogP contribution in [0.2, 0.25) is 5.82 Å². The van der Waals surface area contributed by atoms with Gasteiger partial charge in [0.25, 0.3) is 6.71 Å². The van der Waals surface area contributed by atoms with Crippen molar-refractivity contribution in [1.82, 2.24) is 0 Å². The average Bonchev–Trinajstić information content (AvgIpc) is 3.42. The molecule has 0 fully saturated rings. The molecule has 382 valence electrons. The first-order valence-electron chi connectivity index (χ1n) is 28.1. The molecule has 5 nitrogen and oxygen atoms in total. The summed E-state index contributed by atoms with van der Waals surface area (Å²) in [4.78, 5) is 11.2. The number of benzene rings is 11. The third-order valence-corrected chi connectivity index (χ3v) is 18.3. The van der Waals surface area contributed by atoms with E-state index in [9.17, 15) is 0 Å². The van der Waals surface area contributed by atoms with E-state index < -0.39 is 0 Å². The molecular formula is C73H52B2N4OS. The number of para-hydroxylation sites is 8. The number of fused-ring (bicyclic) bond motifs is 8. The van der Waals surface area contributed by atoms with Crippen molar-refractivity contribution in [3.05, 3.63) is 302 Å². The van der Waals surface area contributed by atoms with Gasteiger partial charge in [-0.3, -0.25) is 0 Å². The number of anilines is 11. The van der Waals surface area contributed by atoms with Crippen molar-refractivity contribution in [3.8, 4) is 22.6 Å². The molecule has 16 rings (SSSR count). The van der Waals surface area contributed by atoms with Gasteiger partial charge in [0.2, 0.25) is 6.71 Å². The van der Waals surface area contributed by atoms with Crippen LogP contribution in [0.5, 0.6) is 11.5 Å². The first-order chi connectivity index (χ1) is 40.1. The Morgan fingerprint density at radius 3 is 1.59 bits per heavy atom. The Bertz CT molecular complexity index is 4220. The monoisotopic (exact) mass is 1050 g/mol. The molecule has 0 saturated heterocycles. The number of aryl methyl sites for hydroxylation is 1. The van der Waals surface area contributed by atoms with E-state index >= 15 is 0 Å². The van der Waals surface area contributed by atoms with Crippen LogP contribution >= 0.6 is 11.8 Å². The molecule has 11 aromatic rings. The van der Waals surface area contributed by atoms with Gasteiger partial charge in [0, 0.05) is 78.7 Å². The van der Waals surface area contributed by atoms with Gasteiger partial charge in [-0.05, 0) is 148 Å². The van der Waals surface area contributed by atoms with Gasteiger partial charge >= 0.3 is 0 Å². The summed E-state index contributed by atoms with van der Waals surface area (Å²) in [7, 11) is 0. The Labute approximate surface area is 478 Å². The normalized spacial score (nSPS) is 15.8. The number of nitrogens with zero attached hydrogens (tertiary/aromatic N) is 4. The predicted octanol–water partition coefficient (Wildman–Crippen LogP) is 16.8. The number of rotatable bonds is 9. The van der Waals surface area contributed by atoms with Crippen LogP contribution < -0.4 is 46.2 Å². The predicted molar refractivity (Wildman–Crippen MR) is 342 cm³/mol. The maximum absolute atomic E-state index is 7.30. The highest BCUT2D eigenvalue weighted by molar-refractivity contribution is 8.00. The van der Waals surface area contributed by atoms with Crippen LogP contribution in [0.1, 0.15) is 5.56 Å². The van der Waals surface area contributed by atoms with Crippen molar-refractivity contribution >= 4 is 110 Å². The van der Waals surface area contributed by atoms with E-state index in [0.29, 0.717) is 0 Å². The van der Waals surface area contributed by atoms with Crippen LogP contribution in [0.4, 0.5) is 62.6 Å². The molecule has 11 aromatic carbocycles. The maximum Gasteiger partial charge on any atom is 0.255 e. The van der Waals surface area contributed by atoms with E-state index in [-0.39, 0.29) is 24.5 Å². The number of allylic oxidation sites excluding steroid dienone is 2. The van der Waals surface area contributed by atoms with Crippen LogP contribution in [0.25, 0.3) is 11.1 Å². The minimum absolute atomic E-state index is 0.0501. The quantitative estimate of drug-likeness (QED) is 0.133. The first-order valence-corrected chi connectivity index (χ1v) is 28.9. The van der Waals surface area contributed by atoms with Gasteiger partial charge < -0.3 is 24.3 Å². The molecule has 4 aliphatic heterocycles. The molecule has 0 saturated carbocycles. The summed E-state index contributed by atoms with van der Waals surface area (Å²) in [5, 5.41) is 0.0544. The summed E-state index contributed by atoms with van der Waals surface area (Å²) in [6.07, 6.45) is 5.38. The van der Waals surface area contributed by atoms with Gasteiger partial charge in [-0.25, -0.2) is 0 Å². The molecule has 0 radical (unpaired) electrons. The summed E-state index contributed by atoms with van der Waals surface area (Å²) < 4.78 is 7.30. The highest BCUT2D eigenvalue weighted by Gasteiger charge is 2.52.